The van der Waals surface area contributed by atoms with Gasteiger partial charge >= 0.3 is 0 Å². The number of carbonyl (C=O) groups excluding carboxylic acids is 1. The van der Waals surface area contributed by atoms with Gasteiger partial charge in [0, 0.05) is 54.8 Å². The number of nitrogens with zero attached hydrogens (tertiary/aromatic N) is 5. The molecule has 1 saturated heterocycles. The highest BCUT2D eigenvalue weighted by atomic mass is 16.2. The molecule has 162 valence electrons. The Morgan fingerprint density at radius 3 is 2.88 bits per heavy atom. The second-order valence-corrected chi connectivity index (χ2v) is 9.22. The molecule has 6 rings (SSSR count). The molecule has 1 saturated carbocycles. The van der Waals surface area contributed by atoms with Crippen molar-refractivity contribution in [3.8, 4) is 11.1 Å². The Morgan fingerprint density at radius 1 is 1.22 bits per heavy atom. The molecule has 2 fully saturated rings. The van der Waals surface area contributed by atoms with Gasteiger partial charge in [0.1, 0.15) is 5.65 Å². The highest BCUT2D eigenvalue weighted by Gasteiger charge is 2.46. The standard InChI is InChI=1S/C24H25N7O/c1-15(32)31-8-5-24(6-9-31)11-18(12-24)28-23-26-14-20-19(13-25-22(20)29-23)16-2-3-21-17(10-16)4-7-27-30-21/h2-4,7,10,13-14,18H,5-6,8-9,11-12H2,1H3,(H2,25,26,28,29). The van der Waals surface area contributed by atoms with Crippen LogP contribution in [0.5, 0.6) is 0 Å². The van der Waals surface area contributed by atoms with Crippen LogP contribution in [-0.4, -0.2) is 55.1 Å². The molecule has 1 amide bonds. The second kappa shape index (κ2) is 7.25. The first kappa shape index (κ1) is 19.2. The number of nitrogens with one attached hydrogen (secondary N) is 2. The predicted octanol–water partition coefficient (Wildman–Crippen LogP) is 3.77. The maximum absolute atomic E-state index is 11.6. The third-order valence-electron chi connectivity index (χ3n) is 7.22. The highest BCUT2D eigenvalue weighted by molar-refractivity contribution is 5.96. The van der Waals surface area contributed by atoms with Crippen molar-refractivity contribution in [2.45, 2.75) is 38.6 Å². The summed E-state index contributed by atoms with van der Waals surface area (Å²) in [6.45, 7) is 3.44. The van der Waals surface area contributed by atoms with Crippen molar-refractivity contribution in [2.24, 2.45) is 5.41 Å². The van der Waals surface area contributed by atoms with Crippen LogP contribution in [0.4, 0.5) is 5.95 Å². The Balaban J connectivity index is 1.16. The molecule has 1 aliphatic heterocycles. The zero-order chi connectivity index (χ0) is 21.7. The number of H-pyrrole nitrogens is 1. The topological polar surface area (TPSA) is 99.7 Å². The fraction of sp³-hybridized carbons (Fsp3) is 0.375. The molecule has 0 bridgehead atoms. The summed E-state index contributed by atoms with van der Waals surface area (Å²) in [5.74, 6) is 0.860. The summed E-state index contributed by atoms with van der Waals surface area (Å²) in [7, 11) is 0. The van der Waals surface area contributed by atoms with E-state index in [1.807, 2.05) is 29.4 Å². The Kier molecular flexibility index (Phi) is 4.34. The van der Waals surface area contributed by atoms with Crippen molar-refractivity contribution >= 4 is 33.8 Å². The monoisotopic (exact) mass is 427 g/mol. The first-order valence-electron chi connectivity index (χ1n) is 11.2. The number of likely N-dealkylation sites (tertiary alicyclic amines) is 1. The summed E-state index contributed by atoms with van der Waals surface area (Å²) >= 11 is 0. The number of benzene rings is 1. The van der Waals surface area contributed by atoms with E-state index in [4.69, 9.17) is 4.98 Å². The lowest BCUT2D eigenvalue weighted by atomic mass is 9.60. The van der Waals surface area contributed by atoms with Crippen LogP contribution >= 0.6 is 0 Å². The normalized spacial score (nSPS) is 18.2. The van der Waals surface area contributed by atoms with Crippen molar-refractivity contribution in [3.63, 3.8) is 0 Å². The van der Waals surface area contributed by atoms with Gasteiger partial charge in [0.25, 0.3) is 0 Å². The Hall–Kier alpha value is -3.55. The summed E-state index contributed by atoms with van der Waals surface area (Å²) in [6, 6.07) is 8.52. The molecule has 8 nitrogen and oxygen atoms in total. The van der Waals surface area contributed by atoms with Crippen LogP contribution in [0.1, 0.15) is 32.6 Å². The molecule has 4 heterocycles. The van der Waals surface area contributed by atoms with E-state index < -0.39 is 0 Å². The van der Waals surface area contributed by atoms with Gasteiger partial charge in [-0.15, -0.1) is 0 Å². The molecule has 2 aliphatic rings. The molecular weight excluding hydrogens is 402 g/mol. The molecular formula is C24H25N7O. The van der Waals surface area contributed by atoms with E-state index in [0.717, 1.165) is 71.8 Å². The molecule has 32 heavy (non-hydrogen) atoms. The SMILES string of the molecule is CC(=O)N1CCC2(CC1)CC(Nc1ncc3c(-c4ccc5nnccc5c4)c[nH]c3n1)C2. The van der Waals surface area contributed by atoms with E-state index >= 15 is 0 Å². The summed E-state index contributed by atoms with van der Waals surface area (Å²) in [6.07, 6.45) is 10.0. The van der Waals surface area contributed by atoms with Crippen LogP contribution in [-0.2, 0) is 4.79 Å². The van der Waals surface area contributed by atoms with Crippen molar-refractivity contribution in [1.82, 2.24) is 30.0 Å². The van der Waals surface area contributed by atoms with Crippen molar-refractivity contribution in [2.75, 3.05) is 18.4 Å². The van der Waals surface area contributed by atoms with Gasteiger partial charge in [0.05, 0.1) is 11.7 Å². The van der Waals surface area contributed by atoms with Gasteiger partial charge in [-0.3, -0.25) is 4.79 Å². The largest absolute Gasteiger partial charge is 0.351 e. The third kappa shape index (κ3) is 3.26. The Bertz CT molecular complexity index is 1310. The minimum atomic E-state index is 0.193. The molecule has 3 aromatic heterocycles. The van der Waals surface area contributed by atoms with E-state index in [9.17, 15) is 4.79 Å². The number of amides is 1. The minimum Gasteiger partial charge on any atom is -0.351 e. The quantitative estimate of drug-likeness (QED) is 0.516. The van der Waals surface area contributed by atoms with E-state index in [0.29, 0.717) is 17.4 Å². The molecule has 1 aromatic carbocycles. The molecule has 2 N–H and O–H groups in total. The fourth-order valence-corrected chi connectivity index (χ4v) is 5.35. The summed E-state index contributed by atoms with van der Waals surface area (Å²) < 4.78 is 0. The van der Waals surface area contributed by atoms with E-state index in [1.54, 1.807) is 13.1 Å². The number of fused-ring (bicyclic) bond motifs is 2. The van der Waals surface area contributed by atoms with Gasteiger partial charge in [-0.2, -0.15) is 15.2 Å². The molecule has 0 unspecified atom stereocenters. The average molecular weight is 428 g/mol. The van der Waals surface area contributed by atoms with Crippen LogP contribution in [0.25, 0.3) is 33.1 Å². The van der Waals surface area contributed by atoms with E-state index in [1.165, 1.54) is 0 Å². The van der Waals surface area contributed by atoms with Gasteiger partial charge < -0.3 is 15.2 Å². The van der Waals surface area contributed by atoms with Crippen LogP contribution in [0, 0.1) is 5.41 Å². The lowest BCUT2D eigenvalue weighted by molar-refractivity contribution is -0.132. The number of aromatic amines is 1. The summed E-state index contributed by atoms with van der Waals surface area (Å²) in [5, 5.41) is 13.7. The van der Waals surface area contributed by atoms with Crippen LogP contribution in [0.2, 0.25) is 0 Å². The minimum absolute atomic E-state index is 0.193. The zero-order valence-electron chi connectivity index (χ0n) is 18.0. The Morgan fingerprint density at radius 2 is 2.06 bits per heavy atom. The van der Waals surface area contributed by atoms with E-state index in [-0.39, 0.29) is 5.91 Å². The third-order valence-corrected chi connectivity index (χ3v) is 7.22. The van der Waals surface area contributed by atoms with Gasteiger partial charge in [0.15, 0.2) is 0 Å². The second-order valence-electron chi connectivity index (χ2n) is 9.22. The first-order valence-corrected chi connectivity index (χ1v) is 11.2. The maximum Gasteiger partial charge on any atom is 0.224 e. The number of aromatic nitrogens is 5. The molecule has 1 spiro atoms. The van der Waals surface area contributed by atoms with Crippen LogP contribution in [0.3, 0.4) is 0 Å². The number of hydrogen-bond acceptors (Lipinski definition) is 6. The lowest BCUT2D eigenvalue weighted by Gasteiger charge is -2.52. The number of carbonyl (C=O) groups is 1. The van der Waals surface area contributed by atoms with Crippen molar-refractivity contribution in [3.05, 3.63) is 42.9 Å². The first-order chi connectivity index (χ1) is 15.6. The molecule has 0 radical (unpaired) electrons. The predicted molar refractivity (Wildman–Crippen MR) is 123 cm³/mol. The zero-order valence-corrected chi connectivity index (χ0v) is 18.0. The van der Waals surface area contributed by atoms with Crippen molar-refractivity contribution < 1.29 is 4.79 Å². The van der Waals surface area contributed by atoms with Gasteiger partial charge in [-0.25, -0.2) is 4.98 Å². The smallest absolute Gasteiger partial charge is 0.224 e. The van der Waals surface area contributed by atoms with E-state index in [2.05, 4.69) is 37.6 Å². The maximum atomic E-state index is 11.6. The van der Waals surface area contributed by atoms with Gasteiger partial charge in [0.2, 0.25) is 11.9 Å². The van der Waals surface area contributed by atoms with Crippen LogP contribution in [0.15, 0.2) is 42.9 Å². The molecule has 0 atom stereocenters. The highest BCUT2D eigenvalue weighted by Crippen LogP contribution is 2.49. The summed E-state index contributed by atoms with van der Waals surface area (Å²) in [4.78, 5) is 26.2. The van der Waals surface area contributed by atoms with Crippen LogP contribution < -0.4 is 5.32 Å². The number of hydrogen-bond donors (Lipinski definition) is 2. The lowest BCUT2D eigenvalue weighted by Crippen LogP contribution is -2.52. The van der Waals surface area contributed by atoms with Crippen molar-refractivity contribution in [1.29, 1.82) is 0 Å². The fourth-order valence-electron chi connectivity index (χ4n) is 5.35. The molecule has 8 heteroatoms. The van der Waals surface area contributed by atoms with Gasteiger partial charge in [-0.1, -0.05) is 6.07 Å². The Labute approximate surface area is 185 Å². The number of anilines is 1. The number of rotatable bonds is 3. The molecule has 4 aromatic rings. The number of piperidine rings is 1. The molecule has 1 aliphatic carbocycles. The average Bonchev–Trinajstić information content (AvgIpc) is 3.21. The summed E-state index contributed by atoms with van der Waals surface area (Å²) in [5.41, 5.74) is 4.26. The van der Waals surface area contributed by atoms with Gasteiger partial charge in [-0.05, 0) is 54.9 Å².